The van der Waals surface area contributed by atoms with Crippen LogP contribution in [0.4, 0.5) is 0 Å². The van der Waals surface area contributed by atoms with Gasteiger partial charge in [-0.05, 0) is 12.1 Å². The van der Waals surface area contributed by atoms with Gasteiger partial charge in [-0.3, -0.25) is 4.98 Å². The van der Waals surface area contributed by atoms with Crippen LogP contribution in [0, 0.1) is 0 Å². The quantitative estimate of drug-likeness (QED) is 0.777. The van der Waals surface area contributed by atoms with Gasteiger partial charge in [0.15, 0.2) is 11.5 Å². The Morgan fingerprint density at radius 2 is 2.24 bits per heavy atom. The van der Waals surface area contributed by atoms with E-state index in [4.69, 9.17) is 0 Å². The summed E-state index contributed by atoms with van der Waals surface area (Å²) in [6, 6.07) is 4.58. The van der Waals surface area contributed by atoms with Gasteiger partial charge in [0.05, 0.1) is 7.11 Å². The fraction of sp³-hybridized carbons (Fsp3) is 0.0909. The third kappa shape index (κ3) is 2.36. The molecule has 0 aliphatic heterocycles. The molecule has 2 aromatic rings. The minimum absolute atomic E-state index is 0.00106. The van der Waals surface area contributed by atoms with Crippen molar-refractivity contribution in [2.75, 3.05) is 7.11 Å². The van der Waals surface area contributed by atoms with Crippen LogP contribution in [0.15, 0.2) is 30.6 Å². The molecule has 0 saturated heterocycles. The van der Waals surface area contributed by atoms with E-state index in [-0.39, 0.29) is 17.4 Å². The van der Waals surface area contributed by atoms with Crippen molar-refractivity contribution in [2.45, 2.75) is 0 Å². The van der Waals surface area contributed by atoms with Gasteiger partial charge in [-0.2, -0.15) is 4.98 Å². The van der Waals surface area contributed by atoms with Crippen LogP contribution in [0.1, 0.15) is 10.5 Å². The van der Waals surface area contributed by atoms with Gasteiger partial charge >= 0.3 is 5.97 Å². The first-order valence-electron chi connectivity index (χ1n) is 4.77. The van der Waals surface area contributed by atoms with E-state index in [9.17, 15) is 9.90 Å². The molecule has 0 spiro atoms. The summed E-state index contributed by atoms with van der Waals surface area (Å²) in [5.74, 6) is -0.703. The lowest BCUT2D eigenvalue weighted by Gasteiger charge is -2.03. The fourth-order valence-electron chi connectivity index (χ4n) is 1.27. The first-order chi connectivity index (χ1) is 8.20. The second kappa shape index (κ2) is 4.56. The van der Waals surface area contributed by atoms with Crippen LogP contribution >= 0.6 is 0 Å². The molecule has 0 fully saturated rings. The van der Waals surface area contributed by atoms with E-state index in [2.05, 4.69) is 19.7 Å². The maximum absolute atomic E-state index is 11.3. The summed E-state index contributed by atoms with van der Waals surface area (Å²) >= 11 is 0. The standard InChI is InChI=1S/C11H9N3O3/c1-17-11(16)8-5-9(15)14-10(13-8)7-3-2-4-12-6-7/h2-6H,1H3,(H,13,14,15). The zero-order valence-electron chi connectivity index (χ0n) is 8.99. The lowest BCUT2D eigenvalue weighted by Crippen LogP contribution is -2.06. The molecular weight excluding hydrogens is 222 g/mol. The molecule has 0 aliphatic rings. The summed E-state index contributed by atoms with van der Waals surface area (Å²) in [6.07, 6.45) is 3.14. The lowest BCUT2D eigenvalue weighted by molar-refractivity contribution is 0.0593. The SMILES string of the molecule is COC(=O)c1cc(O)nc(-c2cccnc2)n1. The zero-order chi connectivity index (χ0) is 12.3. The third-order valence-corrected chi connectivity index (χ3v) is 2.03. The number of ether oxygens (including phenoxy) is 1. The Kier molecular flexibility index (Phi) is 2.95. The van der Waals surface area contributed by atoms with Crippen molar-refractivity contribution in [3.05, 3.63) is 36.3 Å². The molecule has 0 radical (unpaired) electrons. The number of rotatable bonds is 2. The highest BCUT2D eigenvalue weighted by molar-refractivity contribution is 5.87. The predicted molar refractivity (Wildman–Crippen MR) is 58.3 cm³/mol. The number of nitrogens with zero attached hydrogens (tertiary/aromatic N) is 3. The average Bonchev–Trinajstić information content (AvgIpc) is 2.38. The third-order valence-electron chi connectivity index (χ3n) is 2.03. The molecule has 6 heteroatoms. The number of carbonyl (C=O) groups excluding carboxylic acids is 1. The van der Waals surface area contributed by atoms with Crippen LogP contribution in [0.25, 0.3) is 11.4 Å². The largest absolute Gasteiger partial charge is 0.493 e. The normalized spacial score (nSPS) is 9.94. The average molecular weight is 231 g/mol. The van der Waals surface area contributed by atoms with Crippen LogP contribution in [-0.2, 0) is 4.74 Å². The molecule has 6 nitrogen and oxygen atoms in total. The van der Waals surface area contributed by atoms with E-state index in [1.165, 1.54) is 13.3 Å². The van der Waals surface area contributed by atoms with Crippen LogP contribution in [0.5, 0.6) is 5.88 Å². The second-order valence-electron chi connectivity index (χ2n) is 3.17. The number of esters is 1. The molecule has 86 valence electrons. The van der Waals surface area contributed by atoms with E-state index in [1.54, 1.807) is 18.3 Å². The van der Waals surface area contributed by atoms with E-state index >= 15 is 0 Å². The molecule has 17 heavy (non-hydrogen) atoms. The number of aromatic hydroxyl groups is 1. The topological polar surface area (TPSA) is 85.2 Å². The lowest BCUT2D eigenvalue weighted by atomic mass is 10.2. The first kappa shape index (κ1) is 11.0. The predicted octanol–water partition coefficient (Wildman–Crippen LogP) is 1.03. The van der Waals surface area contributed by atoms with Crippen molar-refractivity contribution >= 4 is 5.97 Å². The van der Waals surface area contributed by atoms with Crippen molar-refractivity contribution in [2.24, 2.45) is 0 Å². The Morgan fingerprint density at radius 3 is 2.88 bits per heavy atom. The summed E-state index contributed by atoms with van der Waals surface area (Å²) in [5, 5.41) is 9.42. The van der Waals surface area contributed by atoms with E-state index in [0.29, 0.717) is 5.56 Å². The summed E-state index contributed by atoms with van der Waals surface area (Å²) in [6.45, 7) is 0. The number of aromatic nitrogens is 3. The minimum atomic E-state index is -0.632. The summed E-state index contributed by atoms with van der Waals surface area (Å²) in [5.41, 5.74) is 0.604. The first-order valence-corrected chi connectivity index (χ1v) is 4.77. The number of hydrogen-bond acceptors (Lipinski definition) is 6. The van der Waals surface area contributed by atoms with Crippen LogP contribution < -0.4 is 0 Å². The summed E-state index contributed by atoms with van der Waals surface area (Å²) in [7, 11) is 1.24. The maximum Gasteiger partial charge on any atom is 0.356 e. The van der Waals surface area contributed by atoms with Crippen molar-refractivity contribution in [3.8, 4) is 17.3 Å². The smallest absolute Gasteiger partial charge is 0.356 e. The molecule has 2 rings (SSSR count). The number of pyridine rings is 1. The summed E-state index contributed by atoms with van der Waals surface area (Å²) in [4.78, 5) is 23.0. The van der Waals surface area contributed by atoms with Crippen LogP contribution in [-0.4, -0.2) is 33.1 Å². The molecule has 0 bridgehead atoms. The van der Waals surface area contributed by atoms with E-state index in [0.717, 1.165) is 6.07 Å². The van der Waals surface area contributed by atoms with Crippen LogP contribution in [0.2, 0.25) is 0 Å². The van der Waals surface area contributed by atoms with Crippen molar-refractivity contribution < 1.29 is 14.6 Å². The Labute approximate surface area is 96.9 Å². The number of hydrogen-bond donors (Lipinski definition) is 1. The number of methoxy groups -OCH3 is 1. The Balaban J connectivity index is 2.49. The zero-order valence-corrected chi connectivity index (χ0v) is 8.99. The molecule has 0 atom stereocenters. The van der Waals surface area contributed by atoms with E-state index in [1.807, 2.05) is 0 Å². The molecule has 2 aromatic heterocycles. The monoisotopic (exact) mass is 231 g/mol. The van der Waals surface area contributed by atoms with Gasteiger partial charge in [0.1, 0.15) is 0 Å². The molecular formula is C11H9N3O3. The molecule has 2 heterocycles. The van der Waals surface area contributed by atoms with Gasteiger partial charge < -0.3 is 9.84 Å². The van der Waals surface area contributed by atoms with E-state index < -0.39 is 5.97 Å². The minimum Gasteiger partial charge on any atom is -0.493 e. The van der Waals surface area contributed by atoms with Gasteiger partial charge in [0.25, 0.3) is 0 Å². The molecule has 0 aliphatic carbocycles. The Hall–Kier alpha value is -2.50. The second-order valence-corrected chi connectivity index (χ2v) is 3.17. The maximum atomic E-state index is 11.3. The van der Waals surface area contributed by atoms with Gasteiger partial charge in [-0.15, -0.1) is 0 Å². The van der Waals surface area contributed by atoms with Crippen molar-refractivity contribution in [1.82, 2.24) is 15.0 Å². The van der Waals surface area contributed by atoms with Gasteiger partial charge in [0.2, 0.25) is 5.88 Å². The molecule has 0 saturated carbocycles. The molecule has 0 aromatic carbocycles. The highest BCUT2D eigenvalue weighted by Crippen LogP contribution is 2.17. The summed E-state index contributed by atoms with van der Waals surface area (Å²) < 4.78 is 4.53. The Bertz CT molecular complexity index is 543. The molecule has 1 N–H and O–H groups in total. The fourth-order valence-corrected chi connectivity index (χ4v) is 1.27. The number of carbonyl (C=O) groups is 1. The Morgan fingerprint density at radius 1 is 1.41 bits per heavy atom. The van der Waals surface area contributed by atoms with Gasteiger partial charge in [0, 0.05) is 24.0 Å². The van der Waals surface area contributed by atoms with Crippen LogP contribution in [0.3, 0.4) is 0 Å². The van der Waals surface area contributed by atoms with Gasteiger partial charge in [-0.25, -0.2) is 9.78 Å². The molecule has 0 amide bonds. The van der Waals surface area contributed by atoms with Gasteiger partial charge in [-0.1, -0.05) is 0 Å². The molecule has 0 unspecified atom stereocenters. The highest BCUT2D eigenvalue weighted by atomic mass is 16.5. The highest BCUT2D eigenvalue weighted by Gasteiger charge is 2.12. The van der Waals surface area contributed by atoms with Crippen molar-refractivity contribution in [3.63, 3.8) is 0 Å². The van der Waals surface area contributed by atoms with Crippen molar-refractivity contribution in [1.29, 1.82) is 0 Å².